The first-order valence-corrected chi connectivity index (χ1v) is 7.84. The van der Waals surface area contributed by atoms with Crippen LogP contribution in [-0.2, 0) is 0 Å². The van der Waals surface area contributed by atoms with E-state index in [9.17, 15) is 4.79 Å². The average Bonchev–Trinajstić information content (AvgIpc) is 3.00. The van der Waals surface area contributed by atoms with Gasteiger partial charge in [-0.05, 0) is 34.7 Å². The zero-order valence-electron chi connectivity index (χ0n) is 12.8. The molecule has 24 heavy (non-hydrogen) atoms. The summed E-state index contributed by atoms with van der Waals surface area (Å²) in [5.74, 6) is 0. The van der Waals surface area contributed by atoms with Crippen LogP contribution in [-0.4, -0.2) is 4.40 Å². The van der Waals surface area contributed by atoms with E-state index in [1.54, 1.807) is 4.40 Å². The monoisotopic (exact) mass is 311 g/mol. The first kappa shape index (κ1) is 13.1. The molecule has 0 aliphatic heterocycles. The van der Waals surface area contributed by atoms with E-state index in [4.69, 9.17) is 4.42 Å². The quantitative estimate of drug-likeness (QED) is 0.443. The number of oxazole rings is 1. The summed E-state index contributed by atoms with van der Waals surface area (Å²) in [6.07, 6.45) is 0. The highest BCUT2D eigenvalue weighted by Gasteiger charge is 2.12. The second-order valence-electron chi connectivity index (χ2n) is 5.86. The summed E-state index contributed by atoms with van der Waals surface area (Å²) in [6, 6.07) is 25.6. The molecule has 0 atom stereocenters. The highest BCUT2D eigenvalue weighted by molar-refractivity contribution is 5.89. The van der Waals surface area contributed by atoms with Gasteiger partial charge in [-0.15, -0.1) is 0 Å². The van der Waals surface area contributed by atoms with E-state index in [1.807, 2.05) is 66.7 Å². The van der Waals surface area contributed by atoms with Crippen molar-refractivity contribution in [2.24, 2.45) is 0 Å². The molecule has 3 aromatic carbocycles. The Bertz CT molecular complexity index is 1260. The zero-order chi connectivity index (χ0) is 16.1. The summed E-state index contributed by atoms with van der Waals surface area (Å²) in [7, 11) is 0. The van der Waals surface area contributed by atoms with Crippen molar-refractivity contribution in [3.05, 3.63) is 89.2 Å². The summed E-state index contributed by atoms with van der Waals surface area (Å²) in [5, 5.41) is 1.59. The largest absolute Gasteiger partial charge is 0.438 e. The van der Waals surface area contributed by atoms with Gasteiger partial charge in [0.1, 0.15) is 0 Å². The molecule has 0 unspecified atom stereocenters. The fraction of sp³-hybridized carbons (Fsp3) is 0. The van der Waals surface area contributed by atoms with Gasteiger partial charge in [0, 0.05) is 11.5 Å². The molecular weight excluding hydrogens is 298 g/mol. The number of aromatic nitrogens is 1. The van der Waals surface area contributed by atoms with Crippen LogP contribution in [0.4, 0.5) is 0 Å². The summed E-state index contributed by atoms with van der Waals surface area (Å²) in [6.45, 7) is 0. The van der Waals surface area contributed by atoms with Gasteiger partial charge in [0.15, 0.2) is 5.58 Å². The lowest BCUT2D eigenvalue weighted by Gasteiger charge is -2.02. The lowest BCUT2D eigenvalue weighted by Crippen LogP contribution is -2.11. The number of hydrogen-bond acceptors (Lipinski definition) is 2. The number of fused-ring (bicyclic) bond motifs is 4. The number of hydrogen-bond donors (Lipinski definition) is 0. The molecular formula is C21H13NO2. The van der Waals surface area contributed by atoms with Gasteiger partial charge in [-0.1, -0.05) is 54.6 Å². The second-order valence-corrected chi connectivity index (χ2v) is 5.86. The summed E-state index contributed by atoms with van der Waals surface area (Å²) in [5.41, 5.74) is 4.20. The second kappa shape index (κ2) is 4.83. The number of rotatable bonds is 1. The predicted molar refractivity (Wildman–Crippen MR) is 96.4 cm³/mol. The van der Waals surface area contributed by atoms with Crippen molar-refractivity contribution in [2.45, 2.75) is 0 Å². The van der Waals surface area contributed by atoms with Crippen LogP contribution in [0.5, 0.6) is 0 Å². The van der Waals surface area contributed by atoms with Crippen molar-refractivity contribution in [1.29, 1.82) is 0 Å². The standard InChI is InChI=1S/C21H13NO2/c23-21-17-9-5-4-8-16(17)13-20-22(21)18-12-15(10-11-19(18)24-20)14-6-2-1-3-7-14/h1-13H. The summed E-state index contributed by atoms with van der Waals surface area (Å²) < 4.78 is 7.55. The Balaban J connectivity index is 1.91. The van der Waals surface area contributed by atoms with Gasteiger partial charge >= 0.3 is 0 Å². The van der Waals surface area contributed by atoms with Crippen LogP contribution >= 0.6 is 0 Å². The van der Waals surface area contributed by atoms with Crippen LogP contribution in [0.25, 0.3) is 38.7 Å². The molecule has 2 heterocycles. The Labute approximate surface area is 137 Å². The lowest BCUT2D eigenvalue weighted by atomic mass is 10.1. The molecule has 0 radical (unpaired) electrons. The number of benzene rings is 3. The van der Waals surface area contributed by atoms with E-state index in [0.717, 1.165) is 22.0 Å². The van der Waals surface area contributed by atoms with Gasteiger partial charge in [0.25, 0.3) is 5.56 Å². The first-order valence-electron chi connectivity index (χ1n) is 7.84. The zero-order valence-corrected chi connectivity index (χ0v) is 12.8. The van der Waals surface area contributed by atoms with Crippen molar-refractivity contribution in [1.82, 2.24) is 4.40 Å². The van der Waals surface area contributed by atoms with Gasteiger partial charge in [-0.3, -0.25) is 4.79 Å². The van der Waals surface area contributed by atoms with Crippen molar-refractivity contribution in [3.8, 4) is 11.1 Å². The molecule has 0 aliphatic rings. The molecule has 3 heteroatoms. The van der Waals surface area contributed by atoms with Crippen LogP contribution in [0.15, 0.2) is 88.1 Å². The third kappa shape index (κ3) is 1.82. The Morgan fingerprint density at radius 1 is 0.750 bits per heavy atom. The third-order valence-electron chi connectivity index (χ3n) is 4.42. The molecule has 0 saturated carbocycles. The van der Waals surface area contributed by atoms with Crippen molar-refractivity contribution in [2.75, 3.05) is 0 Å². The topological polar surface area (TPSA) is 34.6 Å². The summed E-state index contributed by atoms with van der Waals surface area (Å²) >= 11 is 0. The van der Waals surface area contributed by atoms with Gasteiger partial charge in [0.05, 0.1) is 5.52 Å². The smallest absolute Gasteiger partial charge is 0.265 e. The van der Waals surface area contributed by atoms with Crippen LogP contribution in [0.3, 0.4) is 0 Å². The predicted octanol–water partition coefficient (Wildman–Crippen LogP) is 4.87. The first-order chi connectivity index (χ1) is 11.8. The number of nitrogens with zero attached hydrogens (tertiary/aromatic N) is 1. The normalized spacial score (nSPS) is 11.5. The minimum atomic E-state index is -0.0490. The van der Waals surface area contributed by atoms with Gasteiger partial charge < -0.3 is 4.42 Å². The average molecular weight is 311 g/mol. The Hall–Kier alpha value is -3.33. The minimum absolute atomic E-state index is 0.0490. The van der Waals surface area contributed by atoms with E-state index >= 15 is 0 Å². The molecule has 0 N–H and O–H groups in total. The molecule has 5 aromatic rings. The van der Waals surface area contributed by atoms with Crippen molar-refractivity contribution < 1.29 is 4.42 Å². The molecule has 0 saturated heterocycles. The van der Waals surface area contributed by atoms with Crippen LogP contribution in [0.1, 0.15) is 0 Å². The van der Waals surface area contributed by atoms with Crippen LogP contribution in [0.2, 0.25) is 0 Å². The number of pyridine rings is 1. The Morgan fingerprint density at radius 2 is 1.54 bits per heavy atom. The van der Waals surface area contributed by atoms with Gasteiger partial charge in [-0.25, -0.2) is 4.40 Å². The van der Waals surface area contributed by atoms with Crippen LogP contribution in [0, 0.1) is 0 Å². The van der Waals surface area contributed by atoms with E-state index in [1.165, 1.54) is 0 Å². The molecule has 0 amide bonds. The molecule has 5 rings (SSSR count). The van der Waals surface area contributed by atoms with Crippen LogP contribution < -0.4 is 5.56 Å². The fourth-order valence-corrected chi connectivity index (χ4v) is 3.24. The maximum absolute atomic E-state index is 12.9. The molecule has 0 spiro atoms. The molecule has 0 fully saturated rings. The van der Waals surface area contributed by atoms with E-state index < -0.39 is 0 Å². The molecule has 0 bridgehead atoms. The third-order valence-corrected chi connectivity index (χ3v) is 4.42. The molecule has 114 valence electrons. The maximum atomic E-state index is 12.9. The fourth-order valence-electron chi connectivity index (χ4n) is 3.24. The minimum Gasteiger partial charge on any atom is -0.438 e. The lowest BCUT2D eigenvalue weighted by molar-refractivity contribution is 0.653. The highest BCUT2D eigenvalue weighted by Crippen LogP contribution is 2.27. The molecule has 3 nitrogen and oxygen atoms in total. The Morgan fingerprint density at radius 3 is 2.42 bits per heavy atom. The van der Waals surface area contributed by atoms with E-state index in [2.05, 4.69) is 12.1 Å². The maximum Gasteiger partial charge on any atom is 0.265 e. The van der Waals surface area contributed by atoms with Gasteiger partial charge in [0.2, 0.25) is 5.71 Å². The van der Waals surface area contributed by atoms with Gasteiger partial charge in [-0.2, -0.15) is 0 Å². The molecule has 0 aliphatic carbocycles. The SMILES string of the molecule is O=c1c2ccccc2cc2oc3ccc(-c4ccccc4)cc3n12. The summed E-state index contributed by atoms with van der Waals surface area (Å²) in [4.78, 5) is 12.9. The highest BCUT2D eigenvalue weighted by atomic mass is 16.3. The van der Waals surface area contributed by atoms with Crippen molar-refractivity contribution in [3.63, 3.8) is 0 Å². The molecule has 2 aromatic heterocycles. The Kier molecular flexibility index (Phi) is 2.65. The van der Waals surface area contributed by atoms with Crippen molar-refractivity contribution >= 4 is 27.6 Å². The van der Waals surface area contributed by atoms with E-state index in [-0.39, 0.29) is 5.56 Å². The van der Waals surface area contributed by atoms with E-state index in [0.29, 0.717) is 16.7 Å².